The van der Waals surface area contributed by atoms with E-state index in [1.54, 1.807) is 25.3 Å². The van der Waals surface area contributed by atoms with Gasteiger partial charge in [0.1, 0.15) is 5.75 Å². The largest absolute Gasteiger partial charge is 0.497 e. The number of amides is 1. The third-order valence-electron chi connectivity index (χ3n) is 4.87. The second kappa shape index (κ2) is 8.83. The Balaban J connectivity index is 1.55. The second-order valence-electron chi connectivity index (χ2n) is 6.51. The zero-order valence-corrected chi connectivity index (χ0v) is 16.9. The number of methoxy groups -OCH3 is 1. The van der Waals surface area contributed by atoms with E-state index < -0.39 is 0 Å². The number of hydrogen-bond donors (Lipinski definition) is 1. The molecule has 144 valence electrons. The van der Waals surface area contributed by atoms with Crippen LogP contribution in [-0.4, -0.2) is 50.1 Å². The number of ether oxygens (including phenoxy) is 1. The van der Waals surface area contributed by atoms with Crippen LogP contribution in [0.2, 0.25) is 10.0 Å². The fraction of sp³-hybridized carbons (Fsp3) is 0.350. The molecule has 5 nitrogen and oxygen atoms in total. The van der Waals surface area contributed by atoms with Crippen LogP contribution in [0.4, 0.5) is 11.4 Å². The van der Waals surface area contributed by atoms with Crippen LogP contribution in [0.1, 0.15) is 6.92 Å². The van der Waals surface area contributed by atoms with Crippen molar-refractivity contribution in [2.24, 2.45) is 0 Å². The Bertz CT molecular complexity index is 790. The molecule has 0 unspecified atom stereocenters. The van der Waals surface area contributed by atoms with Gasteiger partial charge in [0, 0.05) is 36.9 Å². The highest BCUT2D eigenvalue weighted by atomic mass is 35.5. The summed E-state index contributed by atoms with van der Waals surface area (Å²) in [6.07, 6.45) is 0. The fourth-order valence-corrected chi connectivity index (χ4v) is 3.61. The van der Waals surface area contributed by atoms with E-state index in [1.807, 2.05) is 19.1 Å². The van der Waals surface area contributed by atoms with Crippen molar-refractivity contribution in [1.82, 2.24) is 4.90 Å². The van der Waals surface area contributed by atoms with Gasteiger partial charge >= 0.3 is 0 Å². The van der Waals surface area contributed by atoms with E-state index in [0.717, 1.165) is 31.9 Å². The first kappa shape index (κ1) is 19.8. The molecule has 2 aromatic carbocycles. The van der Waals surface area contributed by atoms with Gasteiger partial charge in [0.2, 0.25) is 5.91 Å². The topological polar surface area (TPSA) is 44.8 Å². The van der Waals surface area contributed by atoms with Crippen molar-refractivity contribution in [2.45, 2.75) is 13.0 Å². The Morgan fingerprint density at radius 1 is 1.07 bits per heavy atom. The summed E-state index contributed by atoms with van der Waals surface area (Å²) < 4.78 is 5.21. The third kappa shape index (κ3) is 4.86. The molecule has 1 aliphatic heterocycles. The van der Waals surface area contributed by atoms with E-state index in [-0.39, 0.29) is 11.9 Å². The first-order valence-corrected chi connectivity index (χ1v) is 9.62. The number of rotatable bonds is 5. The summed E-state index contributed by atoms with van der Waals surface area (Å²) in [5.41, 5.74) is 1.75. The maximum absolute atomic E-state index is 12.6. The van der Waals surface area contributed by atoms with Gasteiger partial charge in [-0.1, -0.05) is 23.2 Å². The summed E-state index contributed by atoms with van der Waals surface area (Å²) >= 11 is 12.0. The number of carbonyl (C=O) groups excluding carboxylic acids is 1. The van der Waals surface area contributed by atoms with E-state index in [9.17, 15) is 4.79 Å². The van der Waals surface area contributed by atoms with E-state index in [4.69, 9.17) is 27.9 Å². The number of nitrogens with one attached hydrogen (secondary N) is 1. The summed E-state index contributed by atoms with van der Waals surface area (Å²) in [6, 6.07) is 12.9. The van der Waals surface area contributed by atoms with Crippen LogP contribution >= 0.6 is 23.2 Å². The number of nitrogens with zero attached hydrogens (tertiary/aromatic N) is 2. The molecular weight excluding hydrogens is 385 g/mol. The van der Waals surface area contributed by atoms with Crippen LogP contribution in [0.25, 0.3) is 0 Å². The molecule has 27 heavy (non-hydrogen) atoms. The first-order chi connectivity index (χ1) is 13.0. The lowest BCUT2D eigenvalue weighted by Gasteiger charge is -2.38. The van der Waals surface area contributed by atoms with Gasteiger partial charge in [-0.05, 0) is 49.4 Å². The maximum Gasteiger partial charge on any atom is 0.241 e. The molecule has 1 atom stereocenters. The Hall–Kier alpha value is -1.95. The summed E-state index contributed by atoms with van der Waals surface area (Å²) in [5.74, 6) is 0.778. The van der Waals surface area contributed by atoms with Gasteiger partial charge in [0.05, 0.1) is 23.9 Å². The predicted molar refractivity (Wildman–Crippen MR) is 111 cm³/mol. The highest BCUT2D eigenvalue weighted by Gasteiger charge is 2.26. The number of carbonyl (C=O) groups is 1. The molecule has 0 saturated carbocycles. The van der Waals surface area contributed by atoms with Crippen molar-refractivity contribution in [2.75, 3.05) is 43.5 Å². The van der Waals surface area contributed by atoms with E-state index in [2.05, 4.69) is 27.2 Å². The second-order valence-corrected chi connectivity index (χ2v) is 7.35. The minimum atomic E-state index is -0.241. The third-order valence-corrected chi connectivity index (χ3v) is 5.42. The van der Waals surface area contributed by atoms with E-state index >= 15 is 0 Å². The molecule has 1 saturated heterocycles. The molecule has 1 heterocycles. The van der Waals surface area contributed by atoms with Gasteiger partial charge in [-0.15, -0.1) is 0 Å². The van der Waals surface area contributed by atoms with Crippen molar-refractivity contribution in [3.8, 4) is 5.75 Å². The molecular formula is C20H23Cl2N3O2. The Morgan fingerprint density at radius 3 is 2.33 bits per heavy atom. The molecule has 0 spiro atoms. The molecule has 2 aromatic rings. The lowest BCUT2D eigenvalue weighted by molar-refractivity contribution is -0.120. The predicted octanol–water partition coefficient (Wildman–Crippen LogP) is 4.15. The summed E-state index contributed by atoms with van der Waals surface area (Å²) in [5, 5.41) is 3.87. The average molecular weight is 408 g/mol. The summed E-state index contributed by atoms with van der Waals surface area (Å²) in [4.78, 5) is 17.1. The van der Waals surface area contributed by atoms with Crippen LogP contribution in [-0.2, 0) is 4.79 Å². The molecule has 0 radical (unpaired) electrons. The molecule has 1 N–H and O–H groups in total. The van der Waals surface area contributed by atoms with Crippen molar-refractivity contribution < 1.29 is 9.53 Å². The van der Waals surface area contributed by atoms with Gasteiger partial charge in [-0.25, -0.2) is 0 Å². The molecule has 1 aliphatic rings. The molecule has 1 fully saturated rings. The zero-order valence-electron chi connectivity index (χ0n) is 15.4. The van der Waals surface area contributed by atoms with E-state index in [1.165, 1.54) is 5.69 Å². The SMILES string of the molecule is COc1ccc(N2CCN([C@@H](C)C(=O)Nc3ccc(Cl)cc3Cl)CC2)cc1. The maximum atomic E-state index is 12.6. The quantitative estimate of drug-likeness (QED) is 0.808. The highest BCUT2D eigenvalue weighted by Crippen LogP contribution is 2.26. The Labute approximate surface area is 169 Å². The summed E-state index contributed by atoms with van der Waals surface area (Å²) in [6.45, 7) is 5.28. The lowest BCUT2D eigenvalue weighted by Crippen LogP contribution is -2.52. The van der Waals surface area contributed by atoms with Gasteiger partial charge in [-0.2, -0.15) is 0 Å². The van der Waals surface area contributed by atoms with Crippen molar-refractivity contribution in [1.29, 1.82) is 0 Å². The first-order valence-electron chi connectivity index (χ1n) is 8.87. The molecule has 0 aromatic heterocycles. The number of halogens is 2. The van der Waals surface area contributed by atoms with Crippen LogP contribution in [0.15, 0.2) is 42.5 Å². The smallest absolute Gasteiger partial charge is 0.241 e. The fourth-order valence-electron chi connectivity index (χ4n) is 3.15. The standard InChI is InChI=1S/C20H23Cl2N3O2/c1-14(20(26)23-19-8-3-15(21)13-18(19)22)24-9-11-25(12-10-24)16-4-6-17(27-2)7-5-16/h3-8,13-14H,9-12H2,1-2H3,(H,23,26)/t14-/m0/s1. The number of hydrogen-bond acceptors (Lipinski definition) is 4. The minimum Gasteiger partial charge on any atom is -0.497 e. The lowest BCUT2D eigenvalue weighted by atomic mass is 10.2. The summed E-state index contributed by atoms with van der Waals surface area (Å²) in [7, 11) is 1.66. The van der Waals surface area contributed by atoms with Crippen LogP contribution in [0.5, 0.6) is 5.75 Å². The zero-order chi connectivity index (χ0) is 19.4. The van der Waals surface area contributed by atoms with Gasteiger partial charge < -0.3 is 15.0 Å². The molecule has 3 rings (SSSR count). The molecule has 0 bridgehead atoms. The van der Waals surface area contributed by atoms with Crippen molar-refractivity contribution in [3.63, 3.8) is 0 Å². The van der Waals surface area contributed by atoms with Crippen LogP contribution < -0.4 is 15.0 Å². The van der Waals surface area contributed by atoms with Gasteiger partial charge in [-0.3, -0.25) is 9.69 Å². The van der Waals surface area contributed by atoms with Crippen molar-refractivity contribution in [3.05, 3.63) is 52.5 Å². The van der Waals surface area contributed by atoms with Gasteiger partial charge in [0.25, 0.3) is 0 Å². The molecule has 1 amide bonds. The number of anilines is 2. The Kier molecular flexibility index (Phi) is 6.47. The number of piperazine rings is 1. The van der Waals surface area contributed by atoms with E-state index in [0.29, 0.717) is 15.7 Å². The van der Waals surface area contributed by atoms with Crippen LogP contribution in [0.3, 0.4) is 0 Å². The highest BCUT2D eigenvalue weighted by molar-refractivity contribution is 6.36. The monoisotopic (exact) mass is 407 g/mol. The van der Waals surface area contributed by atoms with Crippen LogP contribution in [0, 0.1) is 0 Å². The molecule has 7 heteroatoms. The minimum absolute atomic E-state index is 0.0721. The molecule has 0 aliphatic carbocycles. The Morgan fingerprint density at radius 2 is 1.74 bits per heavy atom. The van der Waals surface area contributed by atoms with Gasteiger partial charge in [0.15, 0.2) is 0 Å². The van der Waals surface area contributed by atoms with Crippen molar-refractivity contribution >= 4 is 40.5 Å². The normalized spacial score (nSPS) is 16.1. The number of benzene rings is 2. The average Bonchev–Trinajstić information content (AvgIpc) is 2.69.